The summed E-state index contributed by atoms with van der Waals surface area (Å²) >= 11 is 0. The predicted molar refractivity (Wildman–Crippen MR) is 85.7 cm³/mol. The number of rotatable bonds is 3. The van der Waals surface area contributed by atoms with E-state index in [0.29, 0.717) is 13.0 Å². The number of benzene rings is 1. The Morgan fingerprint density at radius 3 is 2.73 bits per heavy atom. The van der Waals surface area contributed by atoms with Crippen molar-refractivity contribution in [1.29, 1.82) is 0 Å². The lowest BCUT2D eigenvalue weighted by Crippen LogP contribution is -2.40. The first-order valence-corrected chi connectivity index (χ1v) is 8.01. The third-order valence-electron chi connectivity index (χ3n) is 4.42. The summed E-state index contributed by atoms with van der Waals surface area (Å²) in [6.07, 6.45) is 4.27. The molecule has 0 bridgehead atoms. The molecule has 5 nitrogen and oxygen atoms in total. The molecule has 1 saturated heterocycles. The number of phenols is 1. The van der Waals surface area contributed by atoms with Crippen LogP contribution in [0.3, 0.4) is 0 Å². The van der Waals surface area contributed by atoms with Crippen molar-refractivity contribution >= 4 is 11.6 Å². The molecule has 3 rings (SSSR count). The third kappa shape index (κ3) is 3.14. The van der Waals surface area contributed by atoms with Crippen molar-refractivity contribution < 1.29 is 9.90 Å². The number of hydrogen-bond donors (Lipinski definition) is 1. The summed E-state index contributed by atoms with van der Waals surface area (Å²) in [7, 11) is 0. The van der Waals surface area contributed by atoms with Gasteiger partial charge in [-0.15, -0.1) is 0 Å². The second-order valence-corrected chi connectivity index (χ2v) is 6.19. The number of amides is 1. The van der Waals surface area contributed by atoms with Crippen LogP contribution in [0.1, 0.15) is 44.2 Å². The molecule has 1 fully saturated rings. The summed E-state index contributed by atoms with van der Waals surface area (Å²) < 4.78 is 0. The van der Waals surface area contributed by atoms with Crippen molar-refractivity contribution in [2.75, 3.05) is 19.6 Å². The SMILES string of the molecule is CC1=NN(C(=O)CN2CCCCC2)C(c2ccccc2O)C1. The van der Waals surface area contributed by atoms with Crippen LogP contribution in [-0.2, 0) is 4.79 Å². The average molecular weight is 301 g/mol. The number of aromatic hydroxyl groups is 1. The van der Waals surface area contributed by atoms with E-state index < -0.39 is 0 Å². The monoisotopic (exact) mass is 301 g/mol. The van der Waals surface area contributed by atoms with Crippen molar-refractivity contribution in [2.45, 2.75) is 38.6 Å². The molecule has 1 amide bonds. The molecule has 2 heterocycles. The van der Waals surface area contributed by atoms with E-state index in [9.17, 15) is 9.90 Å². The molecular formula is C17H23N3O2. The molecule has 0 aliphatic carbocycles. The van der Waals surface area contributed by atoms with Gasteiger partial charge in [0.25, 0.3) is 5.91 Å². The Kier molecular flexibility index (Phi) is 4.43. The molecule has 22 heavy (non-hydrogen) atoms. The van der Waals surface area contributed by atoms with Gasteiger partial charge in [-0.25, -0.2) is 5.01 Å². The van der Waals surface area contributed by atoms with Crippen LogP contribution in [0.4, 0.5) is 0 Å². The maximum atomic E-state index is 12.6. The largest absolute Gasteiger partial charge is 0.508 e. The normalized spacial score (nSPS) is 22.7. The molecule has 1 N–H and O–H groups in total. The Bertz CT molecular complexity index is 579. The summed E-state index contributed by atoms with van der Waals surface area (Å²) in [6, 6.07) is 7.03. The predicted octanol–water partition coefficient (Wildman–Crippen LogP) is 2.53. The molecule has 2 aliphatic heterocycles. The summed E-state index contributed by atoms with van der Waals surface area (Å²) in [5.74, 6) is 0.250. The summed E-state index contributed by atoms with van der Waals surface area (Å²) in [4.78, 5) is 14.9. The highest BCUT2D eigenvalue weighted by Gasteiger charge is 2.33. The fourth-order valence-electron chi connectivity index (χ4n) is 3.28. The summed E-state index contributed by atoms with van der Waals surface area (Å²) in [5.41, 5.74) is 1.70. The van der Waals surface area contributed by atoms with Gasteiger partial charge in [0, 0.05) is 17.7 Å². The number of phenolic OH excluding ortho intramolecular Hbond substituents is 1. The van der Waals surface area contributed by atoms with Crippen LogP contribution in [0, 0.1) is 0 Å². The van der Waals surface area contributed by atoms with Gasteiger partial charge < -0.3 is 5.11 Å². The van der Waals surface area contributed by atoms with E-state index in [2.05, 4.69) is 10.0 Å². The topological polar surface area (TPSA) is 56.1 Å². The molecule has 1 unspecified atom stereocenters. The van der Waals surface area contributed by atoms with E-state index in [0.717, 1.165) is 24.4 Å². The Hall–Kier alpha value is -1.88. The molecule has 0 radical (unpaired) electrons. The van der Waals surface area contributed by atoms with Crippen LogP contribution in [0.25, 0.3) is 0 Å². The zero-order valence-electron chi connectivity index (χ0n) is 13.0. The molecule has 118 valence electrons. The Morgan fingerprint density at radius 2 is 2.00 bits per heavy atom. The fourth-order valence-corrected chi connectivity index (χ4v) is 3.28. The highest BCUT2D eigenvalue weighted by molar-refractivity contribution is 5.89. The second kappa shape index (κ2) is 6.48. The van der Waals surface area contributed by atoms with E-state index in [1.807, 2.05) is 19.1 Å². The van der Waals surface area contributed by atoms with Gasteiger partial charge in [0.05, 0.1) is 12.6 Å². The van der Waals surface area contributed by atoms with Gasteiger partial charge >= 0.3 is 0 Å². The molecule has 0 saturated carbocycles. The van der Waals surface area contributed by atoms with Crippen LogP contribution < -0.4 is 0 Å². The molecule has 1 atom stereocenters. The van der Waals surface area contributed by atoms with Crippen LogP contribution in [-0.4, -0.2) is 46.3 Å². The van der Waals surface area contributed by atoms with Gasteiger partial charge in [0.2, 0.25) is 0 Å². The number of carbonyl (C=O) groups excluding carboxylic acids is 1. The Balaban J connectivity index is 1.75. The molecule has 5 heteroatoms. The minimum atomic E-state index is -0.182. The van der Waals surface area contributed by atoms with Crippen molar-refractivity contribution in [3.8, 4) is 5.75 Å². The van der Waals surface area contributed by atoms with Gasteiger partial charge in [-0.3, -0.25) is 9.69 Å². The molecule has 1 aromatic carbocycles. The standard InChI is InChI=1S/C17H23N3O2/c1-13-11-15(14-7-3-4-8-16(14)21)20(18-13)17(22)12-19-9-5-2-6-10-19/h3-4,7-8,15,21H,2,5-6,9-12H2,1H3. The first-order valence-electron chi connectivity index (χ1n) is 8.01. The van der Waals surface area contributed by atoms with Gasteiger partial charge in [0.1, 0.15) is 5.75 Å². The molecule has 0 spiro atoms. The van der Waals surface area contributed by atoms with E-state index in [1.165, 1.54) is 19.3 Å². The summed E-state index contributed by atoms with van der Waals surface area (Å²) in [6.45, 7) is 4.33. The van der Waals surface area contributed by atoms with E-state index >= 15 is 0 Å². The van der Waals surface area contributed by atoms with Crippen LogP contribution in [0.15, 0.2) is 29.4 Å². The number of likely N-dealkylation sites (tertiary alicyclic amines) is 1. The maximum Gasteiger partial charge on any atom is 0.257 e. The van der Waals surface area contributed by atoms with Crippen molar-refractivity contribution in [2.24, 2.45) is 5.10 Å². The molecule has 2 aliphatic rings. The number of hydrazone groups is 1. The van der Waals surface area contributed by atoms with E-state index in [1.54, 1.807) is 17.1 Å². The van der Waals surface area contributed by atoms with Gasteiger partial charge in [-0.05, 0) is 38.9 Å². The summed E-state index contributed by atoms with van der Waals surface area (Å²) in [5, 5.41) is 16.1. The van der Waals surface area contributed by atoms with Gasteiger partial charge in [-0.2, -0.15) is 5.10 Å². The highest BCUT2D eigenvalue weighted by atomic mass is 16.3. The zero-order chi connectivity index (χ0) is 15.5. The van der Waals surface area contributed by atoms with Crippen LogP contribution in [0.2, 0.25) is 0 Å². The first-order chi connectivity index (χ1) is 10.6. The van der Waals surface area contributed by atoms with Crippen molar-refractivity contribution in [3.05, 3.63) is 29.8 Å². The fraction of sp³-hybridized carbons (Fsp3) is 0.529. The van der Waals surface area contributed by atoms with Crippen molar-refractivity contribution in [1.82, 2.24) is 9.91 Å². The van der Waals surface area contributed by atoms with Gasteiger partial charge in [0.15, 0.2) is 0 Å². The second-order valence-electron chi connectivity index (χ2n) is 6.19. The number of nitrogens with zero attached hydrogens (tertiary/aromatic N) is 3. The van der Waals surface area contributed by atoms with Crippen LogP contribution >= 0.6 is 0 Å². The number of carbonyl (C=O) groups is 1. The average Bonchev–Trinajstić information content (AvgIpc) is 2.90. The lowest BCUT2D eigenvalue weighted by Gasteiger charge is -2.29. The zero-order valence-corrected chi connectivity index (χ0v) is 13.0. The number of hydrogen-bond acceptors (Lipinski definition) is 4. The van der Waals surface area contributed by atoms with Gasteiger partial charge in [-0.1, -0.05) is 24.6 Å². The minimum Gasteiger partial charge on any atom is -0.508 e. The lowest BCUT2D eigenvalue weighted by molar-refractivity contribution is -0.134. The molecule has 1 aromatic rings. The Labute approximate surface area is 131 Å². The minimum absolute atomic E-state index is 0.0204. The third-order valence-corrected chi connectivity index (χ3v) is 4.42. The quantitative estimate of drug-likeness (QED) is 0.933. The molecular weight excluding hydrogens is 278 g/mol. The Morgan fingerprint density at radius 1 is 1.27 bits per heavy atom. The maximum absolute atomic E-state index is 12.6. The molecule has 0 aromatic heterocycles. The number of piperidine rings is 1. The number of para-hydroxylation sites is 1. The van der Waals surface area contributed by atoms with E-state index in [4.69, 9.17) is 0 Å². The lowest BCUT2D eigenvalue weighted by atomic mass is 10.0. The van der Waals surface area contributed by atoms with Crippen LogP contribution in [0.5, 0.6) is 5.75 Å². The highest BCUT2D eigenvalue weighted by Crippen LogP contribution is 2.35. The van der Waals surface area contributed by atoms with Crippen molar-refractivity contribution in [3.63, 3.8) is 0 Å². The first kappa shape index (κ1) is 15.0. The van der Waals surface area contributed by atoms with E-state index in [-0.39, 0.29) is 17.7 Å². The smallest absolute Gasteiger partial charge is 0.257 e.